The Morgan fingerprint density at radius 2 is 2.14 bits per heavy atom. The van der Waals surface area contributed by atoms with Gasteiger partial charge in [0.1, 0.15) is 0 Å². The highest BCUT2D eigenvalue weighted by atomic mass is 16.2. The van der Waals surface area contributed by atoms with Gasteiger partial charge in [-0.3, -0.25) is 9.59 Å². The number of carbonyl (C=O) groups excluding carboxylic acids is 2. The third kappa shape index (κ3) is 4.29. The van der Waals surface area contributed by atoms with E-state index in [1.54, 1.807) is 0 Å². The normalized spacial score (nSPS) is 21.8. The number of likely N-dealkylation sites (tertiary alicyclic amines) is 1. The number of nitrogens with one attached hydrogen (secondary N) is 2. The molecule has 1 saturated heterocycles. The lowest BCUT2D eigenvalue weighted by molar-refractivity contribution is -0.899. The highest BCUT2D eigenvalue weighted by Crippen LogP contribution is 2.15. The highest BCUT2D eigenvalue weighted by molar-refractivity contribution is 5.92. The van der Waals surface area contributed by atoms with Crippen molar-refractivity contribution in [2.75, 3.05) is 25.0 Å². The zero-order valence-electron chi connectivity index (χ0n) is 12.5. The SMILES string of the molecule is CCc1ccccc1NC(=O)C[NH+]1CCC[C@H](C(N)=O)C1. The summed E-state index contributed by atoms with van der Waals surface area (Å²) in [6.45, 7) is 4.05. The van der Waals surface area contributed by atoms with E-state index in [9.17, 15) is 9.59 Å². The third-order valence-electron chi connectivity index (χ3n) is 4.10. The molecule has 1 heterocycles. The number of hydrogen-bond acceptors (Lipinski definition) is 2. The monoisotopic (exact) mass is 290 g/mol. The van der Waals surface area contributed by atoms with Crippen LogP contribution >= 0.6 is 0 Å². The van der Waals surface area contributed by atoms with Crippen LogP contribution in [-0.4, -0.2) is 31.4 Å². The van der Waals surface area contributed by atoms with E-state index in [0.717, 1.165) is 42.0 Å². The van der Waals surface area contributed by atoms with Gasteiger partial charge in [0.05, 0.1) is 19.0 Å². The van der Waals surface area contributed by atoms with Gasteiger partial charge >= 0.3 is 0 Å². The maximum atomic E-state index is 12.2. The van der Waals surface area contributed by atoms with Gasteiger partial charge in [0.25, 0.3) is 5.91 Å². The van der Waals surface area contributed by atoms with Crippen molar-refractivity contribution in [1.29, 1.82) is 0 Å². The molecule has 1 aromatic carbocycles. The molecule has 1 aliphatic heterocycles. The van der Waals surface area contributed by atoms with Gasteiger partial charge in [0.15, 0.2) is 6.54 Å². The Balaban J connectivity index is 1.91. The van der Waals surface area contributed by atoms with Crippen LogP contribution in [-0.2, 0) is 16.0 Å². The number of amides is 2. The predicted octanol–water partition coefficient (Wildman–Crippen LogP) is -0.0323. The van der Waals surface area contributed by atoms with Crippen LogP contribution in [0.2, 0.25) is 0 Å². The van der Waals surface area contributed by atoms with E-state index in [1.165, 1.54) is 0 Å². The number of rotatable bonds is 5. The molecule has 114 valence electrons. The molecule has 5 nitrogen and oxygen atoms in total. The summed E-state index contributed by atoms with van der Waals surface area (Å²) < 4.78 is 0. The van der Waals surface area contributed by atoms with Crippen LogP contribution in [0.5, 0.6) is 0 Å². The maximum absolute atomic E-state index is 12.2. The molecule has 1 aliphatic rings. The lowest BCUT2D eigenvalue weighted by Gasteiger charge is -2.27. The van der Waals surface area contributed by atoms with Gasteiger partial charge < -0.3 is 16.0 Å². The molecule has 0 spiro atoms. The molecule has 5 heteroatoms. The van der Waals surface area contributed by atoms with Crippen molar-refractivity contribution in [1.82, 2.24) is 0 Å². The fourth-order valence-corrected chi connectivity index (χ4v) is 2.93. The summed E-state index contributed by atoms with van der Waals surface area (Å²) in [6.07, 6.45) is 2.68. The molecule has 1 aromatic rings. The van der Waals surface area contributed by atoms with Gasteiger partial charge in [-0.2, -0.15) is 0 Å². The van der Waals surface area contributed by atoms with Crippen LogP contribution in [0.3, 0.4) is 0 Å². The Morgan fingerprint density at radius 3 is 2.86 bits per heavy atom. The van der Waals surface area contributed by atoms with E-state index in [0.29, 0.717) is 13.1 Å². The Bertz CT molecular complexity index is 516. The van der Waals surface area contributed by atoms with Crippen LogP contribution in [0, 0.1) is 5.92 Å². The number of anilines is 1. The minimum absolute atomic E-state index is 0.00368. The van der Waals surface area contributed by atoms with E-state index in [4.69, 9.17) is 5.73 Å². The summed E-state index contributed by atoms with van der Waals surface area (Å²) in [5.41, 5.74) is 7.38. The van der Waals surface area contributed by atoms with E-state index < -0.39 is 0 Å². The van der Waals surface area contributed by atoms with Crippen molar-refractivity contribution in [3.63, 3.8) is 0 Å². The average Bonchev–Trinajstić information content (AvgIpc) is 2.48. The van der Waals surface area contributed by atoms with Gasteiger partial charge in [-0.1, -0.05) is 25.1 Å². The first-order chi connectivity index (χ1) is 10.1. The largest absolute Gasteiger partial charge is 0.369 e. The lowest BCUT2D eigenvalue weighted by Crippen LogP contribution is -3.14. The molecule has 21 heavy (non-hydrogen) atoms. The predicted molar refractivity (Wildman–Crippen MR) is 81.9 cm³/mol. The fourth-order valence-electron chi connectivity index (χ4n) is 2.93. The molecule has 2 atom stereocenters. The second-order valence-corrected chi connectivity index (χ2v) is 5.68. The van der Waals surface area contributed by atoms with Crippen molar-refractivity contribution in [3.05, 3.63) is 29.8 Å². The third-order valence-corrected chi connectivity index (χ3v) is 4.10. The number of para-hydroxylation sites is 1. The van der Waals surface area contributed by atoms with Crippen LogP contribution in [0.1, 0.15) is 25.3 Å². The molecule has 2 rings (SSSR count). The summed E-state index contributed by atoms with van der Waals surface area (Å²) in [7, 11) is 0. The van der Waals surface area contributed by atoms with Crippen molar-refractivity contribution in [3.8, 4) is 0 Å². The molecule has 0 aromatic heterocycles. The smallest absolute Gasteiger partial charge is 0.279 e. The van der Waals surface area contributed by atoms with E-state index in [2.05, 4.69) is 12.2 Å². The zero-order chi connectivity index (χ0) is 15.2. The number of piperidine rings is 1. The van der Waals surface area contributed by atoms with Gasteiger partial charge in [-0.25, -0.2) is 0 Å². The minimum Gasteiger partial charge on any atom is -0.369 e. The number of primary amides is 1. The molecule has 4 N–H and O–H groups in total. The molecular weight excluding hydrogens is 266 g/mol. The number of hydrogen-bond donors (Lipinski definition) is 3. The molecule has 0 bridgehead atoms. The Hall–Kier alpha value is -1.88. The van der Waals surface area contributed by atoms with Crippen LogP contribution in [0.25, 0.3) is 0 Å². The molecule has 1 fully saturated rings. The van der Waals surface area contributed by atoms with E-state index in [-0.39, 0.29) is 17.7 Å². The van der Waals surface area contributed by atoms with E-state index in [1.807, 2.05) is 24.3 Å². The second kappa shape index (κ2) is 7.22. The standard InChI is InChI=1S/C16H23N3O2/c1-2-12-6-3-4-8-14(12)18-15(20)11-19-9-5-7-13(10-19)16(17)21/h3-4,6,8,13H,2,5,7,9-11H2,1H3,(H2,17,21)(H,18,20)/p+1/t13-/m0/s1. The topological polar surface area (TPSA) is 76.6 Å². The highest BCUT2D eigenvalue weighted by Gasteiger charge is 2.28. The molecule has 2 amide bonds. The second-order valence-electron chi connectivity index (χ2n) is 5.68. The van der Waals surface area contributed by atoms with Gasteiger partial charge in [0, 0.05) is 5.69 Å². The average molecular weight is 290 g/mol. The Kier molecular flexibility index (Phi) is 5.33. The fraction of sp³-hybridized carbons (Fsp3) is 0.500. The number of nitrogens with two attached hydrogens (primary N) is 1. The Morgan fingerprint density at radius 1 is 1.38 bits per heavy atom. The van der Waals surface area contributed by atoms with Crippen molar-refractivity contribution in [2.45, 2.75) is 26.2 Å². The first kappa shape index (κ1) is 15.5. The van der Waals surface area contributed by atoms with Crippen LogP contribution in [0.15, 0.2) is 24.3 Å². The van der Waals surface area contributed by atoms with Crippen LogP contribution < -0.4 is 16.0 Å². The summed E-state index contributed by atoms with van der Waals surface area (Å²) in [6, 6.07) is 7.84. The summed E-state index contributed by atoms with van der Waals surface area (Å²) >= 11 is 0. The molecule has 0 aliphatic carbocycles. The van der Waals surface area contributed by atoms with Crippen LogP contribution in [0.4, 0.5) is 5.69 Å². The van der Waals surface area contributed by atoms with Gasteiger partial charge in [-0.15, -0.1) is 0 Å². The van der Waals surface area contributed by atoms with Crippen molar-refractivity contribution < 1.29 is 14.5 Å². The summed E-state index contributed by atoms with van der Waals surface area (Å²) in [5, 5.41) is 2.98. The number of carbonyl (C=O) groups is 2. The first-order valence-electron chi connectivity index (χ1n) is 7.60. The quantitative estimate of drug-likeness (QED) is 0.712. The number of benzene rings is 1. The van der Waals surface area contributed by atoms with Gasteiger partial charge in [0.2, 0.25) is 5.91 Å². The van der Waals surface area contributed by atoms with Gasteiger partial charge in [-0.05, 0) is 30.9 Å². The lowest BCUT2D eigenvalue weighted by atomic mass is 9.97. The minimum atomic E-state index is -0.246. The summed E-state index contributed by atoms with van der Waals surface area (Å²) in [5.74, 6) is -0.343. The van der Waals surface area contributed by atoms with E-state index >= 15 is 0 Å². The molecular formula is C16H24N3O2+. The maximum Gasteiger partial charge on any atom is 0.279 e. The first-order valence-corrected chi connectivity index (χ1v) is 7.60. The summed E-state index contributed by atoms with van der Waals surface area (Å²) in [4.78, 5) is 24.6. The number of quaternary nitrogens is 1. The van der Waals surface area contributed by atoms with Crippen molar-refractivity contribution in [2.24, 2.45) is 11.7 Å². The zero-order valence-corrected chi connectivity index (χ0v) is 12.5. The van der Waals surface area contributed by atoms with Crippen molar-refractivity contribution >= 4 is 17.5 Å². The molecule has 1 unspecified atom stereocenters. The number of aryl methyl sites for hydroxylation is 1. The molecule has 0 saturated carbocycles. The molecule has 0 radical (unpaired) electrons. The Labute approximate surface area is 125 Å².